The van der Waals surface area contributed by atoms with Gasteiger partial charge in [0.25, 0.3) is 0 Å². The number of nitrogens with one attached hydrogen (secondary N) is 2. The quantitative estimate of drug-likeness (QED) is 0.895. The van der Waals surface area contributed by atoms with Crippen LogP contribution in [0.25, 0.3) is 0 Å². The van der Waals surface area contributed by atoms with Crippen LogP contribution in [0.15, 0.2) is 28.7 Å². The van der Waals surface area contributed by atoms with E-state index in [4.69, 9.17) is 0 Å². The monoisotopic (exact) mass is 296 g/mol. The van der Waals surface area contributed by atoms with E-state index >= 15 is 0 Å². The predicted octanol–water partition coefficient (Wildman–Crippen LogP) is 1.92. The fraction of sp³-hybridized carbons (Fsp3) is 0.462. The Morgan fingerprint density at radius 3 is 3.00 bits per heavy atom. The third-order valence-corrected chi connectivity index (χ3v) is 3.70. The minimum absolute atomic E-state index is 0.113. The van der Waals surface area contributed by atoms with E-state index in [1.807, 2.05) is 24.3 Å². The SMILES string of the molecule is C[C@@H]1CNC[C@H]1C(=O)NCc1cccc(Br)c1. The minimum Gasteiger partial charge on any atom is -0.352 e. The van der Waals surface area contributed by atoms with E-state index in [0.717, 1.165) is 23.1 Å². The summed E-state index contributed by atoms with van der Waals surface area (Å²) in [6, 6.07) is 8.00. The first-order valence-corrected chi connectivity index (χ1v) is 6.69. The van der Waals surface area contributed by atoms with Gasteiger partial charge in [-0.2, -0.15) is 0 Å². The van der Waals surface area contributed by atoms with Crippen LogP contribution in [-0.2, 0) is 11.3 Å². The van der Waals surface area contributed by atoms with Gasteiger partial charge >= 0.3 is 0 Å². The van der Waals surface area contributed by atoms with Gasteiger partial charge in [-0.1, -0.05) is 35.0 Å². The van der Waals surface area contributed by atoms with Gasteiger partial charge in [0.15, 0.2) is 0 Å². The molecule has 4 heteroatoms. The Bertz CT molecular complexity index is 408. The zero-order valence-corrected chi connectivity index (χ0v) is 11.5. The highest BCUT2D eigenvalue weighted by molar-refractivity contribution is 9.10. The van der Waals surface area contributed by atoms with Gasteiger partial charge in [0, 0.05) is 17.6 Å². The highest BCUT2D eigenvalue weighted by Crippen LogP contribution is 2.16. The van der Waals surface area contributed by atoms with Crippen LogP contribution in [0, 0.1) is 11.8 Å². The maximum atomic E-state index is 12.0. The number of rotatable bonds is 3. The summed E-state index contributed by atoms with van der Waals surface area (Å²) >= 11 is 3.42. The van der Waals surface area contributed by atoms with E-state index in [-0.39, 0.29) is 11.8 Å². The third kappa shape index (κ3) is 3.30. The first-order chi connectivity index (χ1) is 8.16. The molecular formula is C13H17BrN2O. The second kappa shape index (κ2) is 5.65. The maximum absolute atomic E-state index is 12.0. The molecule has 2 rings (SSSR count). The van der Waals surface area contributed by atoms with Crippen molar-refractivity contribution in [2.24, 2.45) is 11.8 Å². The van der Waals surface area contributed by atoms with Crippen LogP contribution in [0.4, 0.5) is 0 Å². The molecule has 17 heavy (non-hydrogen) atoms. The lowest BCUT2D eigenvalue weighted by Crippen LogP contribution is -2.33. The predicted molar refractivity (Wildman–Crippen MR) is 71.5 cm³/mol. The van der Waals surface area contributed by atoms with E-state index in [0.29, 0.717) is 12.5 Å². The van der Waals surface area contributed by atoms with Gasteiger partial charge in [0.2, 0.25) is 5.91 Å². The number of hydrogen-bond donors (Lipinski definition) is 2. The summed E-state index contributed by atoms with van der Waals surface area (Å²) in [5.74, 6) is 0.696. The molecular weight excluding hydrogens is 280 g/mol. The molecule has 1 fully saturated rings. The average molecular weight is 297 g/mol. The Labute approximate surface area is 110 Å². The number of halogens is 1. The number of benzene rings is 1. The molecule has 0 aliphatic carbocycles. The topological polar surface area (TPSA) is 41.1 Å². The van der Waals surface area contributed by atoms with Gasteiger partial charge in [-0.3, -0.25) is 4.79 Å². The molecule has 2 N–H and O–H groups in total. The van der Waals surface area contributed by atoms with Crippen LogP contribution in [0.3, 0.4) is 0 Å². The van der Waals surface area contributed by atoms with E-state index in [1.165, 1.54) is 0 Å². The fourth-order valence-corrected chi connectivity index (χ4v) is 2.57. The van der Waals surface area contributed by atoms with Crippen LogP contribution in [0.2, 0.25) is 0 Å². The van der Waals surface area contributed by atoms with Crippen molar-refractivity contribution in [3.05, 3.63) is 34.3 Å². The standard InChI is InChI=1S/C13H17BrN2O/c1-9-6-15-8-12(9)13(17)16-7-10-3-2-4-11(14)5-10/h2-5,9,12,15H,6-8H2,1H3,(H,16,17)/t9-,12-/m1/s1. The van der Waals surface area contributed by atoms with E-state index in [2.05, 4.69) is 33.5 Å². The van der Waals surface area contributed by atoms with E-state index in [1.54, 1.807) is 0 Å². The molecule has 0 bridgehead atoms. The molecule has 92 valence electrons. The number of amides is 1. The van der Waals surface area contributed by atoms with Crippen molar-refractivity contribution < 1.29 is 4.79 Å². The molecule has 0 saturated carbocycles. The number of carbonyl (C=O) groups excluding carboxylic acids is 1. The molecule has 2 atom stereocenters. The van der Waals surface area contributed by atoms with Gasteiger partial charge < -0.3 is 10.6 Å². The Kier molecular flexibility index (Phi) is 4.18. The van der Waals surface area contributed by atoms with E-state index in [9.17, 15) is 4.79 Å². The molecule has 0 unspecified atom stereocenters. The molecule has 1 heterocycles. The Hall–Kier alpha value is -0.870. The summed E-state index contributed by atoms with van der Waals surface area (Å²) < 4.78 is 1.04. The van der Waals surface area contributed by atoms with Gasteiger partial charge in [0.05, 0.1) is 5.92 Å². The summed E-state index contributed by atoms with van der Waals surface area (Å²) in [5, 5.41) is 6.24. The normalized spacial score (nSPS) is 23.6. The first kappa shape index (κ1) is 12.6. The van der Waals surface area contributed by atoms with Crippen LogP contribution < -0.4 is 10.6 Å². The van der Waals surface area contributed by atoms with Crippen LogP contribution in [-0.4, -0.2) is 19.0 Å². The van der Waals surface area contributed by atoms with Crippen molar-refractivity contribution in [1.29, 1.82) is 0 Å². The largest absolute Gasteiger partial charge is 0.352 e. The number of carbonyl (C=O) groups is 1. The summed E-state index contributed by atoms with van der Waals surface area (Å²) in [6.07, 6.45) is 0. The first-order valence-electron chi connectivity index (χ1n) is 5.89. The zero-order valence-electron chi connectivity index (χ0n) is 9.87. The second-order valence-corrected chi connectivity index (χ2v) is 5.51. The minimum atomic E-state index is 0.113. The lowest BCUT2D eigenvalue weighted by atomic mass is 9.97. The average Bonchev–Trinajstić information content (AvgIpc) is 2.72. The molecule has 1 saturated heterocycles. The van der Waals surface area contributed by atoms with Gasteiger partial charge in [0.1, 0.15) is 0 Å². The Morgan fingerprint density at radius 1 is 1.53 bits per heavy atom. The lowest BCUT2D eigenvalue weighted by Gasteiger charge is -2.14. The van der Waals surface area contributed by atoms with Crippen molar-refractivity contribution in [3.63, 3.8) is 0 Å². The van der Waals surface area contributed by atoms with Gasteiger partial charge in [-0.25, -0.2) is 0 Å². The van der Waals surface area contributed by atoms with Crippen molar-refractivity contribution in [1.82, 2.24) is 10.6 Å². The van der Waals surface area contributed by atoms with Crippen LogP contribution in [0.1, 0.15) is 12.5 Å². The zero-order chi connectivity index (χ0) is 12.3. The van der Waals surface area contributed by atoms with Gasteiger partial charge in [-0.05, 0) is 30.2 Å². The van der Waals surface area contributed by atoms with Crippen LogP contribution >= 0.6 is 15.9 Å². The molecule has 0 spiro atoms. The maximum Gasteiger partial charge on any atom is 0.224 e. The molecule has 1 amide bonds. The summed E-state index contributed by atoms with van der Waals surface area (Å²) in [5.41, 5.74) is 1.12. The highest BCUT2D eigenvalue weighted by Gasteiger charge is 2.29. The van der Waals surface area contributed by atoms with Crippen molar-refractivity contribution in [3.8, 4) is 0 Å². The molecule has 1 aromatic carbocycles. The molecule has 3 nitrogen and oxygen atoms in total. The molecule has 0 radical (unpaired) electrons. The summed E-state index contributed by atoms with van der Waals surface area (Å²) in [4.78, 5) is 12.0. The van der Waals surface area contributed by atoms with Crippen molar-refractivity contribution in [2.75, 3.05) is 13.1 Å². The lowest BCUT2D eigenvalue weighted by molar-refractivity contribution is -0.125. The van der Waals surface area contributed by atoms with Gasteiger partial charge in [-0.15, -0.1) is 0 Å². The van der Waals surface area contributed by atoms with Crippen molar-refractivity contribution in [2.45, 2.75) is 13.5 Å². The van der Waals surface area contributed by atoms with Crippen molar-refractivity contribution >= 4 is 21.8 Å². The summed E-state index contributed by atoms with van der Waals surface area (Å²) in [7, 11) is 0. The molecule has 0 aromatic heterocycles. The second-order valence-electron chi connectivity index (χ2n) is 4.59. The fourth-order valence-electron chi connectivity index (χ4n) is 2.13. The number of hydrogen-bond acceptors (Lipinski definition) is 2. The third-order valence-electron chi connectivity index (χ3n) is 3.21. The Balaban J connectivity index is 1.88. The molecule has 1 aliphatic rings. The van der Waals surface area contributed by atoms with E-state index < -0.39 is 0 Å². The van der Waals surface area contributed by atoms with Crippen LogP contribution in [0.5, 0.6) is 0 Å². The highest BCUT2D eigenvalue weighted by atomic mass is 79.9. The smallest absolute Gasteiger partial charge is 0.224 e. The Morgan fingerprint density at radius 2 is 2.35 bits per heavy atom. The summed E-state index contributed by atoms with van der Waals surface area (Å²) in [6.45, 7) is 4.45. The molecule has 1 aromatic rings. The molecule has 1 aliphatic heterocycles.